The first-order valence-corrected chi connectivity index (χ1v) is 8.86. The molecule has 138 valence electrons. The van der Waals surface area contributed by atoms with Crippen molar-refractivity contribution < 1.29 is 18.8 Å². The molecular weight excluding hydrogens is 393 g/mol. The molecule has 0 heterocycles. The first-order valence-electron chi connectivity index (χ1n) is 8.07. The maximum absolute atomic E-state index is 13.2. The second-order valence-electron chi connectivity index (χ2n) is 5.74. The van der Waals surface area contributed by atoms with Gasteiger partial charge in [0.15, 0.2) is 0 Å². The predicted molar refractivity (Wildman–Crippen MR) is 96.6 cm³/mol. The topological polar surface area (TPSA) is 87.3 Å². The third-order valence-electron chi connectivity index (χ3n) is 3.58. The fourth-order valence-corrected chi connectivity index (χ4v) is 2.33. The van der Waals surface area contributed by atoms with Crippen LogP contribution < -0.4 is 16.0 Å². The lowest BCUT2D eigenvalue weighted by atomic mass is 10.2. The summed E-state index contributed by atoms with van der Waals surface area (Å²) in [6.07, 6.45) is 0.813. The zero-order valence-electron chi connectivity index (χ0n) is 14.5. The van der Waals surface area contributed by atoms with E-state index < -0.39 is 17.8 Å². The third kappa shape index (κ3) is 7.21. The van der Waals surface area contributed by atoms with Crippen molar-refractivity contribution in [1.29, 1.82) is 0 Å². The highest BCUT2D eigenvalue weighted by molar-refractivity contribution is 9.10. The molecule has 6 nitrogen and oxygen atoms in total. The number of benzene rings is 1. The van der Waals surface area contributed by atoms with Crippen LogP contribution in [0, 0.1) is 5.82 Å². The maximum Gasteiger partial charge on any atom is 0.252 e. The van der Waals surface area contributed by atoms with Crippen LogP contribution in [0.4, 0.5) is 4.39 Å². The summed E-state index contributed by atoms with van der Waals surface area (Å²) in [5, 5.41) is 7.89. The van der Waals surface area contributed by atoms with Gasteiger partial charge in [0, 0.05) is 23.5 Å². The van der Waals surface area contributed by atoms with Crippen molar-refractivity contribution in [2.75, 3.05) is 6.54 Å². The second-order valence-corrected chi connectivity index (χ2v) is 6.59. The van der Waals surface area contributed by atoms with Gasteiger partial charge < -0.3 is 16.0 Å². The fraction of sp³-hybridized carbons (Fsp3) is 0.471. The molecule has 0 aliphatic heterocycles. The number of carbonyl (C=O) groups is 3. The Hall–Kier alpha value is -1.96. The van der Waals surface area contributed by atoms with Gasteiger partial charge >= 0.3 is 0 Å². The van der Waals surface area contributed by atoms with E-state index in [0.717, 1.165) is 12.5 Å². The van der Waals surface area contributed by atoms with Gasteiger partial charge in [-0.25, -0.2) is 4.39 Å². The Morgan fingerprint density at radius 2 is 1.88 bits per heavy atom. The molecular formula is C17H23BrFN3O3. The molecule has 0 radical (unpaired) electrons. The van der Waals surface area contributed by atoms with Crippen LogP contribution in [0.1, 0.15) is 44.0 Å². The standard InChI is InChI=1S/C17H23BrFN3O3/c1-4-10(2)21-16(24)11(3)22-15(23)7-8-20-17(25)13-9-12(19)5-6-14(13)18/h5-6,9-11H,4,7-8H2,1-3H3,(H,20,25)(H,21,24)(H,22,23). The van der Waals surface area contributed by atoms with Gasteiger partial charge in [0.25, 0.3) is 5.91 Å². The van der Waals surface area contributed by atoms with Gasteiger partial charge in [0.05, 0.1) is 5.56 Å². The van der Waals surface area contributed by atoms with E-state index in [2.05, 4.69) is 31.9 Å². The minimum absolute atomic E-state index is 0.0135. The molecule has 0 fully saturated rings. The van der Waals surface area contributed by atoms with Crippen molar-refractivity contribution in [2.24, 2.45) is 0 Å². The maximum atomic E-state index is 13.2. The van der Waals surface area contributed by atoms with Gasteiger partial charge in [-0.3, -0.25) is 14.4 Å². The van der Waals surface area contributed by atoms with Crippen molar-refractivity contribution >= 4 is 33.7 Å². The molecule has 3 amide bonds. The number of hydrogen-bond donors (Lipinski definition) is 3. The molecule has 0 saturated heterocycles. The Morgan fingerprint density at radius 1 is 1.20 bits per heavy atom. The van der Waals surface area contributed by atoms with E-state index in [-0.39, 0.29) is 36.4 Å². The van der Waals surface area contributed by atoms with Crippen LogP contribution in [0.5, 0.6) is 0 Å². The van der Waals surface area contributed by atoms with Crippen LogP contribution in [0.15, 0.2) is 22.7 Å². The predicted octanol–water partition coefficient (Wildman–Crippen LogP) is 2.13. The lowest BCUT2D eigenvalue weighted by Gasteiger charge is -2.17. The van der Waals surface area contributed by atoms with E-state index in [1.807, 2.05) is 13.8 Å². The monoisotopic (exact) mass is 415 g/mol. The molecule has 0 aliphatic carbocycles. The summed E-state index contributed by atoms with van der Waals surface area (Å²) in [4.78, 5) is 35.7. The highest BCUT2D eigenvalue weighted by atomic mass is 79.9. The molecule has 0 aliphatic rings. The third-order valence-corrected chi connectivity index (χ3v) is 4.27. The summed E-state index contributed by atoms with van der Waals surface area (Å²) in [5.74, 6) is -1.62. The van der Waals surface area contributed by atoms with Crippen LogP contribution in [0.2, 0.25) is 0 Å². The second kappa shape index (κ2) is 10.1. The van der Waals surface area contributed by atoms with Crippen LogP contribution in [0.3, 0.4) is 0 Å². The Bertz CT molecular complexity index is 640. The number of hydrogen-bond acceptors (Lipinski definition) is 3. The number of rotatable bonds is 8. The zero-order chi connectivity index (χ0) is 19.0. The quantitative estimate of drug-likeness (QED) is 0.607. The first-order chi connectivity index (χ1) is 11.7. The van der Waals surface area contributed by atoms with E-state index in [1.165, 1.54) is 12.1 Å². The van der Waals surface area contributed by atoms with Crippen LogP contribution in [0.25, 0.3) is 0 Å². The molecule has 2 unspecified atom stereocenters. The SMILES string of the molecule is CCC(C)NC(=O)C(C)NC(=O)CCNC(=O)c1cc(F)ccc1Br. The number of carbonyl (C=O) groups excluding carboxylic acids is 3. The molecule has 0 aromatic heterocycles. The van der Waals surface area contributed by atoms with Crippen molar-refractivity contribution in [3.63, 3.8) is 0 Å². The van der Waals surface area contributed by atoms with Gasteiger partial charge in [-0.05, 0) is 54.4 Å². The van der Waals surface area contributed by atoms with Gasteiger partial charge in [-0.1, -0.05) is 6.92 Å². The van der Waals surface area contributed by atoms with E-state index in [0.29, 0.717) is 4.47 Å². The lowest BCUT2D eigenvalue weighted by molar-refractivity contribution is -0.128. The van der Waals surface area contributed by atoms with Gasteiger partial charge in [-0.2, -0.15) is 0 Å². The van der Waals surface area contributed by atoms with Gasteiger partial charge in [0.2, 0.25) is 11.8 Å². The van der Waals surface area contributed by atoms with Gasteiger partial charge in [-0.15, -0.1) is 0 Å². The van der Waals surface area contributed by atoms with Crippen LogP contribution in [-0.4, -0.2) is 36.3 Å². The van der Waals surface area contributed by atoms with Crippen molar-refractivity contribution in [2.45, 2.75) is 45.7 Å². The molecule has 0 spiro atoms. The van der Waals surface area contributed by atoms with Crippen molar-refractivity contribution in [1.82, 2.24) is 16.0 Å². The average molecular weight is 416 g/mol. The first kappa shape index (κ1) is 21.1. The van der Waals surface area contributed by atoms with Crippen LogP contribution >= 0.6 is 15.9 Å². The normalized spacial score (nSPS) is 12.8. The van der Waals surface area contributed by atoms with E-state index in [4.69, 9.17) is 0 Å². The smallest absolute Gasteiger partial charge is 0.252 e. The van der Waals surface area contributed by atoms with Crippen molar-refractivity contribution in [3.8, 4) is 0 Å². The van der Waals surface area contributed by atoms with Gasteiger partial charge in [0.1, 0.15) is 11.9 Å². The summed E-state index contributed by atoms with van der Waals surface area (Å²) < 4.78 is 13.7. The molecule has 1 rings (SSSR count). The Morgan fingerprint density at radius 3 is 2.52 bits per heavy atom. The summed E-state index contributed by atoms with van der Waals surface area (Å²) in [6, 6.07) is 3.17. The average Bonchev–Trinajstić information content (AvgIpc) is 2.56. The number of halogens is 2. The number of amides is 3. The Kier molecular flexibility index (Phi) is 8.54. The molecule has 0 saturated carbocycles. The largest absolute Gasteiger partial charge is 0.352 e. The molecule has 1 aromatic carbocycles. The lowest BCUT2D eigenvalue weighted by Crippen LogP contribution is -2.47. The molecule has 3 N–H and O–H groups in total. The molecule has 0 bridgehead atoms. The Balaban J connectivity index is 2.40. The minimum Gasteiger partial charge on any atom is -0.352 e. The summed E-state index contributed by atoms with van der Waals surface area (Å²) in [5.41, 5.74) is 0.154. The summed E-state index contributed by atoms with van der Waals surface area (Å²) in [7, 11) is 0. The van der Waals surface area contributed by atoms with E-state index >= 15 is 0 Å². The fourth-order valence-electron chi connectivity index (χ4n) is 1.91. The molecule has 2 atom stereocenters. The highest BCUT2D eigenvalue weighted by Crippen LogP contribution is 2.17. The molecule has 1 aromatic rings. The molecule has 25 heavy (non-hydrogen) atoms. The van der Waals surface area contributed by atoms with Crippen molar-refractivity contribution in [3.05, 3.63) is 34.1 Å². The van der Waals surface area contributed by atoms with E-state index in [9.17, 15) is 18.8 Å². The Labute approximate surface area is 155 Å². The highest BCUT2D eigenvalue weighted by Gasteiger charge is 2.17. The summed E-state index contributed by atoms with van der Waals surface area (Å²) in [6.45, 7) is 5.51. The van der Waals surface area contributed by atoms with Crippen LogP contribution in [-0.2, 0) is 9.59 Å². The van der Waals surface area contributed by atoms with E-state index in [1.54, 1.807) is 6.92 Å². The zero-order valence-corrected chi connectivity index (χ0v) is 16.1. The minimum atomic E-state index is -0.658. The molecule has 8 heteroatoms. The summed E-state index contributed by atoms with van der Waals surface area (Å²) >= 11 is 3.17. The number of nitrogens with one attached hydrogen (secondary N) is 3.